The van der Waals surface area contributed by atoms with Crippen LogP contribution in [0, 0.1) is 0 Å². The van der Waals surface area contributed by atoms with Crippen LogP contribution in [0.15, 0.2) is 26.1 Å². The van der Waals surface area contributed by atoms with Crippen LogP contribution in [0.4, 0.5) is 0 Å². The molecule has 0 saturated carbocycles. The number of carbonyl (C=O) groups excluding carboxylic acids is 1. The topological polar surface area (TPSA) is 102 Å². The highest BCUT2D eigenvalue weighted by atomic mass is 32.2. The number of aliphatic hydroxyl groups is 1. The van der Waals surface area contributed by atoms with Gasteiger partial charge in [0.25, 0.3) is 5.91 Å². The van der Waals surface area contributed by atoms with E-state index in [1.165, 1.54) is 5.56 Å². The Morgan fingerprint density at radius 2 is 2.07 bits per heavy atom. The Labute approximate surface area is 182 Å². The van der Waals surface area contributed by atoms with Crippen molar-refractivity contribution < 1.29 is 18.8 Å². The average Bonchev–Trinajstić information content (AvgIpc) is 3.29. The van der Waals surface area contributed by atoms with E-state index in [1.54, 1.807) is 25.3 Å². The molecule has 0 bridgehead atoms. The molecule has 1 amide bonds. The number of amides is 1. The van der Waals surface area contributed by atoms with Crippen LogP contribution in [0.3, 0.4) is 0 Å². The fourth-order valence-corrected chi connectivity index (χ4v) is 6.22. The quantitative estimate of drug-likeness (QED) is 0.690. The van der Waals surface area contributed by atoms with Gasteiger partial charge in [-0.15, -0.1) is 15.7 Å². The van der Waals surface area contributed by atoms with E-state index in [1.807, 2.05) is 0 Å². The van der Waals surface area contributed by atoms with Gasteiger partial charge in [0.1, 0.15) is 4.21 Å². The summed E-state index contributed by atoms with van der Waals surface area (Å²) in [4.78, 5) is 12.8. The smallest absolute Gasteiger partial charge is 0.259 e. The summed E-state index contributed by atoms with van der Waals surface area (Å²) in [6.07, 6.45) is 0.843. The van der Waals surface area contributed by atoms with E-state index in [2.05, 4.69) is 31.2 Å². The standard InChI is InChI=1S/C22H30N2O4S2/c1-6-14-7-15-10-28-11-18(15)21(13(2)3)17(14)9-19(25)24-30(23,27)20-8-16(12-29-20)22(4,5)26/h7-8,12-13,26H,6,9-11H2,1-5H3,(H2,23,24,25,27). The summed E-state index contributed by atoms with van der Waals surface area (Å²) < 4.78 is 22.8. The van der Waals surface area contributed by atoms with Crippen molar-refractivity contribution in [3.05, 3.63) is 50.9 Å². The number of ether oxygens (including phenoxy) is 1. The molecule has 1 aliphatic heterocycles. The molecule has 1 unspecified atom stereocenters. The van der Waals surface area contributed by atoms with Gasteiger partial charge in [0.2, 0.25) is 0 Å². The maximum absolute atomic E-state index is 13.0. The highest BCUT2D eigenvalue weighted by Crippen LogP contribution is 2.35. The number of nitrogens with zero attached hydrogens (tertiary/aromatic N) is 1. The van der Waals surface area contributed by atoms with Crippen molar-refractivity contribution in [3.8, 4) is 0 Å². The molecule has 6 nitrogen and oxygen atoms in total. The number of thiophene rings is 1. The summed E-state index contributed by atoms with van der Waals surface area (Å²) in [5.41, 5.74) is 5.03. The maximum Gasteiger partial charge on any atom is 0.259 e. The van der Waals surface area contributed by atoms with E-state index in [9.17, 15) is 14.1 Å². The molecule has 1 aromatic carbocycles. The lowest BCUT2D eigenvalue weighted by Gasteiger charge is -2.20. The summed E-state index contributed by atoms with van der Waals surface area (Å²) in [6, 6.07) is 3.68. The van der Waals surface area contributed by atoms with Gasteiger partial charge in [-0.05, 0) is 71.0 Å². The third-order valence-electron chi connectivity index (χ3n) is 5.37. The monoisotopic (exact) mass is 450 g/mol. The second kappa shape index (κ2) is 8.51. The van der Waals surface area contributed by atoms with E-state index < -0.39 is 21.4 Å². The van der Waals surface area contributed by atoms with Crippen molar-refractivity contribution in [2.24, 2.45) is 9.50 Å². The summed E-state index contributed by atoms with van der Waals surface area (Å²) in [7, 11) is -3.38. The Balaban J connectivity index is 1.98. The first kappa shape index (κ1) is 23.1. The van der Waals surface area contributed by atoms with Gasteiger partial charge in [-0.2, -0.15) is 0 Å². The van der Waals surface area contributed by atoms with Crippen molar-refractivity contribution in [2.45, 2.75) is 76.4 Å². The minimum atomic E-state index is -3.38. The molecule has 164 valence electrons. The van der Waals surface area contributed by atoms with E-state index in [4.69, 9.17) is 9.88 Å². The molecule has 3 N–H and O–H groups in total. The highest BCUT2D eigenvalue weighted by Gasteiger charge is 2.25. The Morgan fingerprint density at radius 1 is 1.37 bits per heavy atom. The molecule has 1 atom stereocenters. The van der Waals surface area contributed by atoms with E-state index in [0.29, 0.717) is 18.8 Å². The largest absolute Gasteiger partial charge is 0.386 e. The average molecular weight is 451 g/mol. The molecule has 0 spiro atoms. The van der Waals surface area contributed by atoms with Crippen LogP contribution in [-0.2, 0) is 51.1 Å². The summed E-state index contributed by atoms with van der Waals surface area (Å²) >= 11 is 1.14. The van der Waals surface area contributed by atoms with Gasteiger partial charge in [0, 0.05) is 0 Å². The van der Waals surface area contributed by atoms with Gasteiger partial charge < -0.3 is 9.84 Å². The minimum Gasteiger partial charge on any atom is -0.386 e. The number of nitrogens with two attached hydrogens (primary N) is 1. The Hall–Kier alpha value is -1.58. The normalized spacial score (nSPS) is 15.9. The van der Waals surface area contributed by atoms with Gasteiger partial charge in [-0.1, -0.05) is 26.8 Å². The zero-order valence-electron chi connectivity index (χ0n) is 18.2. The van der Waals surface area contributed by atoms with E-state index in [-0.39, 0.29) is 16.5 Å². The Bertz CT molecular complexity index is 1090. The van der Waals surface area contributed by atoms with Crippen LogP contribution in [0.25, 0.3) is 0 Å². The summed E-state index contributed by atoms with van der Waals surface area (Å²) in [5.74, 6) is -0.278. The van der Waals surface area contributed by atoms with Gasteiger partial charge in [-0.25, -0.2) is 9.35 Å². The molecule has 0 fully saturated rings. The SMILES string of the molecule is CCc1cc2c(c(C(C)C)c1CC(=O)N=S(N)(=O)c1cc(C(C)(C)O)cs1)COC2. The number of aryl methyl sites for hydroxylation is 1. The highest BCUT2D eigenvalue weighted by molar-refractivity contribution is 7.93. The van der Waals surface area contributed by atoms with Crippen LogP contribution in [-0.4, -0.2) is 15.2 Å². The zero-order chi connectivity index (χ0) is 22.3. The molecule has 2 heterocycles. The molecule has 3 rings (SSSR count). The van der Waals surface area contributed by atoms with Crippen molar-refractivity contribution in [3.63, 3.8) is 0 Å². The molecular weight excluding hydrogens is 420 g/mol. The lowest BCUT2D eigenvalue weighted by atomic mass is 9.84. The number of hydrogen-bond donors (Lipinski definition) is 2. The zero-order valence-corrected chi connectivity index (χ0v) is 19.8. The molecule has 30 heavy (non-hydrogen) atoms. The lowest BCUT2D eigenvalue weighted by molar-refractivity contribution is -0.117. The molecule has 8 heteroatoms. The minimum absolute atomic E-state index is 0.0574. The predicted molar refractivity (Wildman–Crippen MR) is 120 cm³/mol. The number of carbonyl (C=O) groups is 1. The number of hydrogen-bond acceptors (Lipinski definition) is 5. The van der Waals surface area contributed by atoms with Crippen LogP contribution in [0.2, 0.25) is 0 Å². The molecule has 0 saturated heterocycles. The Kier molecular flexibility index (Phi) is 6.55. The molecule has 0 radical (unpaired) electrons. The molecular formula is C22H30N2O4S2. The second-order valence-electron chi connectivity index (χ2n) is 8.51. The van der Waals surface area contributed by atoms with Gasteiger partial charge in [-0.3, -0.25) is 4.79 Å². The van der Waals surface area contributed by atoms with Crippen LogP contribution in [0.5, 0.6) is 0 Å². The van der Waals surface area contributed by atoms with Gasteiger partial charge in [0.05, 0.1) is 25.2 Å². The lowest BCUT2D eigenvalue weighted by Crippen LogP contribution is -2.17. The third kappa shape index (κ3) is 4.68. The van der Waals surface area contributed by atoms with Crippen LogP contribution in [0.1, 0.15) is 73.9 Å². The molecule has 1 aromatic heterocycles. The Morgan fingerprint density at radius 3 is 2.63 bits per heavy atom. The van der Waals surface area contributed by atoms with Crippen molar-refractivity contribution in [1.29, 1.82) is 0 Å². The molecule has 1 aliphatic rings. The predicted octanol–water partition coefficient (Wildman–Crippen LogP) is 4.16. The number of benzene rings is 1. The van der Waals surface area contributed by atoms with Gasteiger partial charge in [0.15, 0.2) is 9.92 Å². The van der Waals surface area contributed by atoms with Crippen molar-refractivity contribution in [1.82, 2.24) is 0 Å². The first-order valence-corrected chi connectivity index (χ1v) is 12.5. The molecule has 2 aromatic rings. The summed E-state index contributed by atoms with van der Waals surface area (Å²) in [5, 5.41) is 17.8. The fraction of sp³-hybridized carbons (Fsp3) is 0.500. The van der Waals surface area contributed by atoms with Crippen LogP contribution < -0.4 is 5.14 Å². The van der Waals surface area contributed by atoms with Crippen molar-refractivity contribution in [2.75, 3.05) is 0 Å². The van der Waals surface area contributed by atoms with Gasteiger partial charge >= 0.3 is 0 Å². The first-order valence-electron chi connectivity index (χ1n) is 10.1. The first-order chi connectivity index (χ1) is 13.9. The van der Waals surface area contributed by atoms with E-state index >= 15 is 0 Å². The second-order valence-corrected chi connectivity index (χ2v) is 11.4. The fourth-order valence-electron chi connectivity index (χ4n) is 3.87. The van der Waals surface area contributed by atoms with Crippen molar-refractivity contribution >= 4 is 27.2 Å². The van der Waals surface area contributed by atoms with Crippen LogP contribution >= 0.6 is 11.3 Å². The molecule has 0 aliphatic carbocycles. The maximum atomic E-state index is 13.0. The number of fused-ring (bicyclic) bond motifs is 1. The summed E-state index contributed by atoms with van der Waals surface area (Å²) in [6.45, 7) is 10.7. The third-order valence-corrected chi connectivity index (χ3v) is 8.27. The number of rotatable bonds is 6. The van der Waals surface area contributed by atoms with E-state index in [0.717, 1.165) is 40.0 Å².